The first-order valence-electron chi connectivity index (χ1n) is 8.73. The summed E-state index contributed by atoms with van der Waals surface area (Å²) in [6.45, 7) is 6.35. The van der Waals surface area contributed by atoms with E-state index in [2.05, 4.69) is 38.9 Å². The Bertz CT molecular complexity index is 620. The van der Waals surface area contributed by atoms with Crippen molar-refractivity contribution in [3.05, 3.63) is 35.7 Å². The second kappa shape index (κ2) is 8.73. The maximum absolute atomic E-state index is 6.01. The van der Waals surface area contributed by atoms with E-state index in [1.54, 1.807) is 14.1 Å². The number of aliphatic imine (C=N–C) groups is 2. The lowest BCUT2D eigenvalue weighted by molar-refractivity contribution is 0.491. The summed E-state index contributed by atoms with van der Waals surface area (Å²) in [7, 11) is 3.50. The van der Waals surface area contributed by atoms with E-state index in [9.17, 15) is 0 Å². The van der Waals surface area contributed by atoms with Gasteiger partial charge in [0.2, 0.25) is 0 Å². The molecule has 1 aliphatic rings. The molecule has 1 saturated heterocycles. The van der Waals surface area contributed by atoms with Gasteiger partial charge in [0.15, 0.2) is 0 Å². The van der Waals surface area contributed by atoms with Gasteiger partial charge in [-0.05, 0) is 38.3 Å². The molecule has 1 aromatic rings. The van der Waals surface area contributed by atoms with Gasteiger partial charge in [-0.3, -0.25) is 15.0 Å². The second-order valence-corrected chi connectivity index (χ2v) is 6.09. The van der Waals surface area contributed by atoms with Crippen molar-refractivity contribution in [3.8, 4) is 0 Å². The molecule has 0 aromatic carbocycles. The van der Waals surface area contributed by atoms with Crippen LogP contribution in [0.15, 0.2) is 34.4 Å². The first kappa shape index (κ1) is 18.3. The lowest BCUT2D eigenvalue weighted by Gasteiger charge is -2.22. The number of hydrogen-bond acceptors (Lipinski definition) is 5. The fourth-order valence-corrected chi connectivity index (χ4v) is 3.15. The van der Waals surface area contributed by atoms with Crippen LogP contribution in [0.2, 0.25) is 0 Å². The van der Waals surface area contributed by atoms with E-state index in [1.807, 2.05) is 19.2 Å². The smallest absolute Gasteiger partial charge is 0.105 e. The monoisotopic (exact) mass is 327 g/mol. The Balaban J connectivity index is 2.30. The Morgan fingerprint density at radius 3 is 2.46 bits per heavy atom. The van der Waals surface area contributed by atoms with E-state index in [-0.39, 0.29) is 6.04 Å². The zero-order valence-corrected chi connectivity index (χ0v) is 15.3. The van der Waals surface area contributed by atoms with Crippen molar-refractivity contribution in [1.82, 2.24) is 9.88 Å². The Kier molecular flexibility index (Phi) is 6.67. The molecule has 0 radical (unpaired) electrons. The van der Waals surface area contributed by atoms with Crippen LogP contribution in [-0.2, 0) is 0 Å². The van der Waals surface area contributed by atoms with Gasteiger partial charge < -0.3 is 10.6 Å². The molecule has 24 heavy (non-hydrogen) atoms. The standard InChI is InChI=1S/C19H29N5/c1-5-8-17(24-11-6-7-12-24)15-9-10-16(23-13-15)19(22-4)18(21-3)14(2)20/h8-10,13-14H,5-7,11-12,20H2,1-4H3/b17-8-,21-18?,22-19?. The average Bonchev–Trinajstić information content (AvgIpc) is 3.11. The predicted octanol–water partition coefficient (Wildman–Crippen LogP) is 2.77. The van der Waals surface area contributed by atoms with Crippen molar-refractivity contribution in [2.24, 2.45) is 15.7 Å². The topological polar surface area (TPSA) is 66.9 Å². The first-order valence-corrected chi connectivity index (χ1v) is 8.73. The van der Waals surface area contributed by atoms with Crippen LogP contribution in [0.1, 0.15) is 44.4 Å². The Morgan fingerprint density at radius 2 is 2.00 bits per heavy atom. The Morgan fingerprint density at radius 1 is 1.29 bits per heavy atom. The number of rotatable bonds is 6. The van der Waals surface area contributed by atoms with Gasteiger partial charge in [-0.25, -0.2) is 0 Å². The lowest BCUT2D eigenvalue weighted by Crippen LogP contribution is -2.34. The molecule has 5 heteroatoms. The predicted molar refractivity (Wildman–Crippen MR) is 103 cm³/mol. The van der Waals surface area contributed by atoms with Crippen LogP contribution in [0.5, 0.6) is 0 Å². The summed E-state index contributed by atoms with van der Waals surface area (Å²) in [5.74, 6) is 0. The van der Waals surface area contributed by atoms with E-state index in [0.29, 0.717) is 0 Å². The lowest BCUT2D eigenvalue weighted by atomic mass is 10.0. The molecule has 5 nitrogen and oxygen atoms in total. The van der Waals surface area contributed by atoms with Gasteiger partial charge in [-0.1, -0.05) is 13.0 Å². The highest BCUT2D eigenvalue weighted by Gasteiger charge is 2.18. The molecule has 0 saturated carbocycles. The van der Waals surface area contributed by atoms with E-state index in [1.165, 1.54) is 18.5 Å². The Labute approximate surface area is 145 Å². The van der Waals surface area contributed by atoms with Crippen LogP contribution in [0.25, 0.3) is 5.70 Å². The average molecular weight is 327 g/mol. The number of hydrogen-bond donors (Lipinski definition) is 1. The summed E-state index contributed by atoms with van der Waals surface area (Å²) in [5.41, 5.74) is 10.8. The molecule has 0 amide bonds. The van der Waals surface area contributed by atoms with Crippen LogP contribution >= 0.6 is 0 Å². The van der Waals surface area contributed by atoms with E-state index >= 15 is 0 Å². The molecular weight excluding hydrogens is 298 g/mol. The molecule has 1 aliphatic heterocycles. The summed E-state index contributed by atoms with van der Waals surface area (Å²) < 4.78 is 0. The van der Waals surface area contributed by atoms with Crippen LogP contribution in [-0.4, -0.2) is 54.5 Å². The van der Waals surface area contributed by atoms with Crippen LogP contribution < -0.4 is 5.73 Å². The SMILES string of the molecule is CC/C=C(/c1ccc(C(=NC)C(=NC)C(C)N)nc1)N1CCCC1. The third kappa shape index (κ3) is 4.09. The van der Waals surface area contributed by atoms with Crippen molar-refractivity contribution in [2.75, 3.05) is 27.2 Å². The van der Waals surface area contributed by atoms with E-state index in [4.69, 9.17) is 5.73 Å². The zero-order valence-electron chi connectivity index (χ0n) is 15.3. The number of aromatic nitrogens is 1. The normalized spacial score (nSPS) is 18.2. The van der Waals surface area contributed by atoms with Gasteiger partial charge >= 0.3 is 0 Å². The fraction of sp³-hybridized carbons (Fsp3) is 0.526. The van der Waals surface area contributed by atoms with Crippen LogP contribution in [0, 0.1) is 0 Å². The molecule has 1 unspecified atom stereocenters. The molecule has 1 aromatic heterocycles. The summed E-state index contributed by atoms with van der Waals surface area (Å²) in [6.07, 6.45) is 7.78. The number of nitrogens with zero attached hydrogens (tertiary/aromatic N) is 4. The van der Waals surface area contributed by atoms with Gasteiger partial charge in [0, 0.05) is 50.7 Å². The van der Waals surface area contributed by atoms with Crippen molar-refractivity contribution >= 4 is 17.1 Å². The van der Waals surface area contributed by atoms with Gasteiger partial charge in [-0.15, -0.1) is 0 Å². The number of nitrogens with two attached hydrogens (primary N) is 1. The molecule has 2 N–H and O–H groups in total. The maximum Gasteiger partial charge on any atom is 0.105 e. The highest BCUT2D eigenvalue weighted by molar-refractivity contribution is 6.49. The van der Waals surface area contributed by atoms with Crippen LogP contribution in [0.3, 0.4) is 0 Å². The largest absolute Gasteiger partial charge is 0.371 e. The fourth-order valence-electron chi connectivity index (χ4n) is 3.15. The number of allylic oxidation sites excluding steroid dienone is 1. The molecule has 1 atom stereocenters. The molecule has 2 heterocycles. The minimum absolute atomic E-state index is 0.171. The highest BCUT2D eigenvalue weighted by Crippen LogP contribution is 2.24. The Hall–Kier alpha value is -2.01. The molecule has 0 spiro atoms. The minimum atomic E-state index is -0.171. The van der Waals surface area contributed by atoms with Crippen molar-refractivity contribution < 1.29 is 0 Å². The summed E-state index contributed by atoms with van der Waals surface area (Å²) in [6, 6.07) is 3.97. The first-order chi connectivity index (χ1) is 11.6. The van der Waals surface area contributed by atoms with E-state index in [0.717, 1.165) is 42.2 Å². The van der Waals surface area contributed by atoms with Gasteiger partial charge in [0.25, 0.3) is 0 Å². The third-order valence-corrected chi connectivity index (χ3v) is 4.28. The van der Waals surface area contributed by atoms with Gasteiger partial charge in [0.05, 0.1) is 11.4 Å². The quantitative estimate of drug-likeness (QED) is 0.817. The summed E-state index contributed by atoms with van der Waals surface area (Å²) in [5, 5.41) is 0. The summed E-state index contributed by atoms with van der Waals surface area (Å²) in [4.78, 5) is 15.7. The summed E-state index contributed by atoms with van der Waals surface area (Å²) >= 11 is 0. The molecule has 2 rings (SSSR count). The van der Waals surface area contributed by atoms with Crippen molar-refractivity contribution in [3.63, 3.8) is 0 Å². The third-order valence-electron chi connectivity index (χ3n) is 4.28. The maximum atomic E-state index is 6.01. The van der Waals surface area contributed by atoms with Crippen LogP contribution in [0.4, 0.5) is 0 Å². The molecule has 130 valence electrons. The second-order valence-electron chi connectivity index (χ2n) is 6.09. The van der Waals surface area contributed by atoms with Gasteiger partial charge in [0.1, 0.15) is 5.71 Å². The zero-order chi connectivity index (χ0) is 17.5. The molecule has 1 fully saturated rings. The van der Waals surface area contributed by atoms with Crippen molar-refractivity contribution in [1.29, 1.82) is 0 Å². The molecule has 0 bridgehead atoms. The van der Waals surface area contributed by atoms with Gasteiger partial charge in [-0.2, -0.15) is 0 Å². The highest BCUT2D eigenvalue weighted by atomic mass is 15.1. The number of pyridine rings is 1. The number of likely N-dealkylation sites (tertiary alicyclic amines) is 1. The molecular formula is C19H29N5. The molecule has 0 aliphatic carbocycles. The minimum Gasteiger partial charge on any atom is -0.371 e. The van der Waals surface area contributed by atoms with E-state index < -0.39 is 0 Å². The van der Waals surface area contributed by atoms with Crippen molar-refractivity contribution in [2.45, 2.75) is 39.2 Å².